The minimum atomic E-state index is -1.66. The summed E-state index contributed by atoms with van der Waals surface area (Å²) in [4.78, 5) is 0. The molecule has 5 aromatic rings. The van der Waals surface area contributed by atoms with Crippen LogP contribution in [0, 0.1) is 6.92 Å². The maximum Gasteiger partial charge on any atom is 0.189 e. The lowest BCUT2D eigenvalue weighted by atomic mass is 9.85. The molecule has 0 saturated carbocycles. The summed E-state index contributed by atoms with van der Waals surface area (Å²) < 4.78 is 25.7. The Morgan fingerprint density at radius 3 is 1.31 bits per heavy atom. The minimum absolute atomic E-state index is 0.00227. The van der Waals surface area contributed by atoms with Gasteiger partial charge >= 0.3 is 0 Å². The normalized spacial score (nSPS) is 12.3. The van der Waals surface area contributed by atoms with E-state index in [4.69, 9.17) is 42.1 Å². The minimum Gasteiger partial charge on any atom is -0.507 e. The molecule has 0 radical (unpaired) electrons. The molecule has 0 aliphatic rings. The molecule has 0 aromatic heterocycles. The number of hydrogen-bond acceptors (Lipinski definition) is 5. The van der Waals surface area contributed by atoms with E-state index in [1.54, 1.807) is 0 Å². The molecule has 0 amide bonds. The first-order valence-corrected chi connectivity index (χ1v) is 20.8. The molecular weight excluding hydrogens is 746 g/mol. The van der Waals surface area contributed by atoms with E-state index < -0.39 is 7.92 Å². The summed E-state index contributed by atoms with van der Waals surface area (Å²) in [7, 11) is -1.66. The van der Waals surface area contributed by atoms with Crippen molar-refractivity contribution in [2.45, 2.75) is 98.7 Å². The Morgan fingerprint density at radius 2 is 0.927 bits per heavy atom. The summed E-state index contributed by atoms with van der Waals surface area (Å²) in [5.41, 5.74) is 4.71. The van der Waals surface area contributed by atoms with Crippen LogP contribution in [0.1, 0.15) is 95.7 Å². The van der Waals surface area contributed by atoms with E-state index in [9.17, 15) is 5.11 Å². The third-order valence-corrected chi connectivity index (χ3v) is 12.1. The van der Waals surface area contributed by atoms with Crippen LogP contribution in [0.15, 0.2) is 97.1 Å². The zero-order chi connectivity index (χ0) is 40.1. The van der Waals surface area contributed by atoms with Gasteiger partial charge < -0.3 is 24.1 Å². The van der Waals surface area contributed by atoms with Crippen molar-refractivity contribution in [1.82, 2.24) is 0 Å². The van der Waals surface area contributed by atoms with Gasteiger partial charge in [-0.05, 0) is 78.1 Å². The number of phenols is 1. The molecule has 0 bridgehead atoms. The Bertz CT molecular complexity index is 1950. The van der Waals surface area contributed by atoms with Gasteiger partial charge in [-0.3, -0.25) is 0 Å². The molecule has 0 spiro atoms. The third-order valence-electron chi connectivity index (χ3n) is 9.25. The largest absolute Gasteiger partial charge is 0.507 e. The van der Waals surface area contributed by atoms with Crippen LogP contribution in [-0.2, 0) is 38.9 Å². The van der Waals surface area contributed by atoms with Gasteiger partial charge in [-0.15, -0.1) is 0 Å². The number of rotatable bonds is 13. The fourth-order valence-corrected chi connectivity index (χ4v) is 9.81. The molecule has 5 aromatic carbocycles. The Kier molecular flexibility index (Phi) is 13.7. The topological polar surface area (TPSA) is 57.2 Å². The highest BCUT2D eigenvalue weighted by molar-refractivity contribution is 7.80. The van der Waals surface area contributed by atoms with Crippen molar-refractivity contribution >= 4 is 47.0 Å². The first kappa shape index (κ1) is 42.6. The van der Waals surface area contributed by atoms with Gasteiger partial charge in [0, 0.05) is 42.6 Å². The smallest absolute Gasteiger partial charge is 0.189 e. The van der Waals surface area contributed by atoms with Crippen molar-refractivity contribution in [3.8, 4) is 17.2 Å². The second kappa shape index (κ2) is 17.7. The van der Waals surface area contributed by atoms with Gasteiger partial charge in [0.25, 0.3) is 0 Å². The number of ether oxygens (including phenoxy) is 4. The molecule has 0 saturated heterocycles. The van der Waals surface area contributed by atoms with E-state index in [0.717, 1.165) is 49.3 Å². The zero-order valence-electron chi connectivity index (χ0n) is 33.8. The highest BCUT2D eigenvalue weighted by atomic mass is 35.5. The van der Waals surface area contributed by atoms with Crippen LogP contribution in [0.5, 0.6) is 17.2 Å². The fourth-order valence-electron chi connectivity index (χ4n) is 6.47. The number of halogens is 2. The van der Waals surface area contributed by atoms with Crippen molar-refractivity contribution in [2.75, 3.05) is 13.6 Å². The second-order valence-corrected chi connectivity index (χ2v) is 20.1. The lowest BCUT2D eigenvalue weighted by Crippen LogP contribution is -2.30. The number of hydrogen-bond donors (Lipinski definition) is 1. The quantitative estimate of drug-likeness (QED) is 0.0730. The molecule has 55 heavy (non-hydrogen) atoms. The predicted molar refractivity (Wildman–Crippen MR) is 231 cm³/mol. The molecule has 5 nitrogen and oxygen atoms in total. The van der Waals surface area contributed by atoms with Crippen LogP contribution >= 0.6 is 31.1 Å². The number of aryl methyl sites for hydroxylation is 1. The van der Waals surface area contributed by atoms with Gasteiger partial charge in [0.15, 0.2) is 13.6 Å². The Labute approximate surface area is 339 Å². The van der Waals surface area contributed by atoms with Crippen LogP contribution in [0.2, 0.25) is 10.0 Å². The highest BCUT2D eigenvalue weighted by Crippen LogP contribution is 2.49. The first-order valence-electron chi connectivity index (χ1n) is 18.7. The van der Waals surface area contributed by atoms with Crippen molar-refractivity contribution in [1.29, 1.82) is 0 Å². The fraction of sp³-hybridized carbons (Fsp3) is 0.362. The number of phenolic OH excluding ortho intramolecular Hbond substituents is 1. The summed E-state index contributed by atoms with van der Waals surface area (Å²) in [6.45, 7) is 22.0. The molecule has 1 N–H and O–H groups in total. The van der Waals surface area contributed by atoms with E-state index in [-0.39, 0.29) is 35.6 Å². The molecule has 8 heteroatoms. The summed E-state index contributed by atoms with van der Waals surface area (Å²) in [5, 5.41) is 15.9. The van der Waals surface area contributed by atoms with Crippen LogP contribution < -0.4 is 25.4 Å². The van der Waals surface area contributed by atoms with E-state index in [2.05, 4.69) is 81.4 Å². The summed E-state index contributed by atoms with van der Waals surface area (Å²) >= 11 is 14.2. The Morgan fingerprint density at radius 1 is 0.527 bits per heavy atom. The SMILES string of the molecule is Cc1cc(P(c2cc(Cl)cc(C(C)(C)C)c2OCOCc2ccccc2)c2cc(Cl)cc(C(C)(C)C)c2OCOCc2ccccc2)c(O)c(C(C)(C)C)c1. The molecule has 0 heterocycles. The van der Waals surface area contributed by atoms with Gasteiger partial charge in [-0.25, -0.2) is 0 Å². The summed E-state index contributed by atoms with van der Waals surface area (Å²) in [5.74, 6) is 1.52. The van der Waals surface area contributed by atoms with Crippen molar-refractivity contribution in [3.63, 3.8) is 0 Å². The van der Waals surface area contributed by atoms with Crippen LogP contribution in [0.4, 0.5) is 0 Å². The van der Waals surface area contributed by atoms with Crippen LogP contribution in [0.3, 0.4) is 0 Å². The summed E-state index contributed by atoms with van der Waals surface area (Å²) in [6.07, 6.45) is 0. The molecule has 5 rings (SSSR count). The third kappa shape index (κ3) is 10.8. The number of benzene rings is 5. The monoisotopic (exact) mass is 800 g/mol. The van der Waals surface area contributed by atoms with Crippen molar-refractivity contribution < 1.29 is 24.1 Å². The second-order valence-electron chi connectivity index (χ2n) is 17.1. The van der Waals surface area contributed by atoms with Gasteiger partial charge in [-0.1, -0.05) is 152 Å². The molecule has 0 aliphatic heterocycles. The van der Waals surface area contributed by atoms with E-state index in [0.29, 0.717) is 34.8 Å². The molecule has 0 aliphatic carbocycles. The molecule has 0 unspecified atom stereocenters. The lowest BCUT2D eigenvalue weighted by molar-refractivity contribution is 0.00472. The van der Waals surface area contributed by atoms with Crippen molar-refractivity contribution in [3.05, 3.63) is 140 Å². The van der Waals surface area contributed by atoms with E-state index >= 15 is 0 Å². The van der Waals surface area contributed by atoms with Gasteiger partial charge in [0.05, 0.1) is 13.2 Å². The van der Waals surface area contributed by atoms with Gasteiger partial charge in [-0.2, -0.15) is 0 Å². The Balaban J connectivity index is 1.77. The maximum absolute atomic E-state index is 12.4. The lowest BCUT2D eigenvalue weighted by Gasteiger charge is -2.33. The van der Waals surface area contributed by atoms with E-state index in [1.165, 1.54) is 0 Å². The molecule has 0 atom stereocenters. The standard InChI is InChI=1S/C47H55Cl2O5P/c1-31-21-36(45(2,3)4)42(50)39(22-31)55(40-25-34(48)23-37(46(5,6)7)43(40)53-29-51-27-32-17-13-11-14-18-32)41-26-35(49)24-38(47(8,9)10)44(41)54-30-52-28-33-19-15-12-16-20-33/h11-26,50H,27-30H2,1-10H3. The molecule has 0 fully saturated rings. The molecule has 292 valence electrons. The van der Waals surface area contributed by atoms with Gasteiger partial charge in [0.1, 0.15) is 17.2 Å². The number of aromatic hydroxyl groups is 1. The average molecular weight is 802 g/mol. The molecular formula is C47H55Cl2O5P. The zero-order valence-corrected chi connectivity index (χ0v) is 36.3. The summed E-state index contributed by atoms with van der Waals surface area (Å²) in [6, 6.07) is 32.0. The van der Waals surface area contributed by atoms with Crippen LogP contribution in [-0.4, -0.2) is 18.7 Å². The Hall–Kier alpha value is -3.57. The van der Waals surface area contributed by atoms with Crippen molar-refractivity contribution in [2.24, 2.45) is 0 Å². The average Bonchev–Trinajstić information content (AvgIpc) is 3.10. The van der Waals surface area contributed by atoms with E-state index in [1.807, 2.05) is 84.9 Å². The maximum atomic E-state index is 12.4. The van der Waals surface area contributed by atoms with Gasteiger partial charge in [0.2, 0.25) is 0 Å². The first-order chi connectivity index (χ1) is 25.8. The van der Waals surface area contributed by atoms with Crippen LogP contribution in [0.25, 0.3) is 0 Å². The predicted octanol–water partition coefficient (Wildman–Crippen LogP) is 11.8. The highest BCUT2D eigenvalue weighted by Gasteiger charge is 2.35.